The lowest BCUT2D eigenvalue weighted by Gasteiger charge is -2.13. The van der Waals surface area contributed by atoms with Crippen molar-refractivity contribution < 1.29 is 4.74 Å². The molecule has 0 spiro atoms. The smallest absolute Gasteiger partial charge is 0.122 e. The van der Waals surface area contributed by atoms with Gasteiger partial charge in [-0.05, 0) is 43.2 Å². The van der Waals surface area contributed by atoms with Gasteiger partial charge in [0.15, 0.2) is 0 Å². The fourth-order valence-electron chi connectivity index (χ4n) is 2.72. The Morgan fingerprint density at radius 1 is 1.11 bits per heavy atom. The van der Waals surface area contributed by atoms with Gasteiger partial charge in [-0.3, -0.25) is 0 Å². The minimum absolute atomic E-state index is 0.442. The van der Waals surface area contributed by atoms with Gasteiger partial charge in [0.1, 0.15) is 5.75 Å². The van der Waals surface area contributed by atoms with Gasteiger partial charge in [-0.25, -0.2) is 0 Å². The lowest BCUT2D eigenvalue weighted by atomic mass is 10.0. The molecule has 0 saturated carbocycles. The molecule has 1 aliphatic heterocycles. The van der Waals surface area contributed by atoms with Gasteiger partial charge >= 0.3 is 0 Å². The lowest BCUT2D eigenvalue weighted by molar-refractivity contribution is 0.334. The van der Waals surface area contributed by atoms with Crippen molar-refractivity contribution in [1.29, 1.82) is 0 Å². The fraction of sp³-hybridized carbons (Fsp3) is 0.294. The van der Waals surface area contributed by atoms with E-state index in [1.54, 1.807) is 0 Å². The third kappa shape index (κ3) is 2.58. The predicted octanol–water partition coefficient (Wildman–Crippen LogP) is 3.89. The van der Waals surface area contributed by atoms with Gasteiger partial charge in [-0.15, -0.1) is 0 Å². The molecule has 0 bridgehead atoms. The molecule has 2 heteroatoms. The second-order valence-corrected chi connectivity index (χ2v) is 5.30. The standard InChI is InChI=1S/C17H19NO/c1-12-7-13(2)9-15(8-12)18-10-14-11-19-17-6-4-3-5-16(14)17/h3-9,14,18H,10-11H2,1-2H3. The predicted molar refractivity (Wildman–Crippen MR) is 79.1 cm³/mol. The van der Waals surface area contributed by atoms with Gasteiger partial charge in [0.25, 0.3) is 0 Å². The molecule has 2 nitrogen and oxygen atoms in total. The van der Waals surface area contributed by atoms with Gasteiger partial charge in [-0.2, -0.15) is 0 Å². The summed E-state index contributed by atoms with van der Waals surface area (Å²) < 4.78 is 5.71. The number of benzene rings is 2. The van der Waals surface area contributed by atoms with Crippen LogP contribution in [0.1, 0.15) is 22.6 Å². The van der Waals surface area contributed by atoms with Crippen molar-refractivity contribution in [3.05, 3.63) is 59.2 Å². The number of aryl methyl sites for hydroxylation is 2. The third-order valence-electron chi connectivity index (χ3n) is 3.57. The summed E-state index contributed by atoms with van der Waals surface area (Å²) in [5.41, 5.74) is 5.11. The highest BCUT2D eigenvalue weighted by molar-refractivity contribution is 5.49. The molecule has 0 amide bonds. The zero-order valence-corrected chi connectivity index (χ0v) is 11.4. The van der Waals surface area contributed by atoms with E-state index in [1.165, 1.54) is 22.4 Å². The molecule has 1 N–H and O–H groups in total. The van der Waals surface area contributed by atoms with Crippen molar-refractivity contribution in [3.8, 4) is 5.75 Å². The number of hydrogen-bond acceptors (Lipinski definition) is 2. The number of ether oxygens (including phenoxy) is 1. The van der Waals surface area contributed by atoms with E-state index in [1.807, 2.05) is 12.1 Å². The van der Waals surface area contributed by atoms with E-state index in [0.29, 0.717) is 5.92 Å². The summed E-state index contributed by atoms with van der Waals surface area (Å²) in [5.74, 6) is 1.48. The minimum Gasteiger partial charge on any atom is -0.493 e. The van der Waals surface area contributed by atoms with E-state index in [9.17, 15) is 0 Å². The number of nitrogens with one attached hydrogen (secondary N) is 1. The molecular formula is C17H19NO. The molecule has 1 aliphatic rings. The third-order valence-corrected chi connectivity index (χ3v) is 3.57. The van der Waals surface area contributed by atoms with Crippen LogP contribution in [0.2, 0.25) is 0 Å². The number of fused-ring (bicyclic) bond motifs is 1. The largest absolute Gasteiger partial charge is 0.493 e. The van der Waals surface area contributed by atoms with Crippen LogP contribution in [0.25, 0.3) is 0 Å². The van der Waals surface area contributed by atoms with Crippen LogP contribution in [0, 0.1) is 13.8 Å². The maximum atomic E-state index is 5.71. The van der Waals surface area contributed by atoms with Crippen LogP contribution in [0.4, 0.5) is 5.69 Å². The first-order valence-corrected chi connectivity index (χ1v) is 6.76. The van der Waals surface area contributed by atoms with Crippen LogP contribution < -0.4 is 10.1 Å². The van der Waals surface area contributed by atoms with Crippen molar-refractivity contribution in [2.24, 2.45) is 0 Å². The topological polar surface area (TPSA) is 21.3 Å². The van der Waals surface area contributed by atoms with Gasteiger partial charge in [0.2, 0.25) is 0 Å². The Labute approximate surface area is 114 Å². The Bertz CT molecular complexity index is 571. The molecule has 3 rings (SSSR count). The highest BCUT2D eigenvalue weighted by atomic mass is 16.5. The second kappa shape index (κ2) is 4.96. The molecular weight excluding hydrogens is 234 g/mol. The van der Waals surface area contributed by atoms with E-state index in [4.69, 9.17) is 4.74 Å². The number of hydrogen-bond donors (Lipinski definition) is 1. The SMILES string of the molecule is Cc1cc(C)cc(NCC2COc3ccccc32)c1. The number of para-hydroxylation sites is 1. The summed E-state index contributed by atoms with van der Waals surface area (Å²) in [6, 6.07) is 14.9. The van der Waals surface area contributed by atoms with Gasteiger partial charge < -0.3 is 10.1 Å². The van der Waals surface area contributed by atoms with Crippen LogP contribution in [0.5, 0.6) is 5.75 Å². The van der Waals surface area contributed by atoms with Crippen molar-refractivity contribution in [1.82, 2.24) is 0 Å². The van der Waals surface area contributed by atoms with Crippen LogP contribution >= 0.6 is 0 Å². The summed E-state index contributed by atoms with van der Waals surface area (Å²) in [7, 11) is 0. The molecule has 1 atom stereocenters. The molecule has 1 heterocycles. The molecule has 19 heavy (non-hydrogen) atoms. The van der Waals surface area contributed by atoms with Gasteiger partial charge in [-0.1, -0.05) is 24.3 Å². The number of rotatable bonds is 3. The van der Waals surface area contributed by atoms with Crippen molar-refractivity contribution >= 4 is 5.69 Å². The number of anilines is 1. The van der Waals surface area contributed by atoms with E-state index in [-0.39, 0.29) is 0 Å². The van der Waals surface area contributed by atoms with Crippen LogP contribution in [-0.2, 0) is 0 Å². The van der Waals surface area contributed by atoms with Gasteiger partial charge in [0.05, 0.1) is 6.61 Å². The Morgan fingerprint density at radius 2 is 1.84 bits per heavy atom. The van der Waals surface area contributed by atoms with Crippen molar-refractivity contribution in [3.63, 3.8) is 0 Å². The molecule has 0 fully saturated rings. The zero-order chi connectivity index (χ0) is 13.2. The molecule has 98 valence electrons. The minimum atomic E-state index is 0.442. The van der Waals surface area contributed by atoms with Crippen molar-refractivity contribution in [2.75, 3.05) is 18.5 Å². The summed E-state index contributed by atoms with van der Waals surface area (Å²) in [5, 5.41) is 3.53. The Balaban J connectivity index is 1.70. The van der Waals surface area contributed by atoms with E-state index in [2.05, 4.69) is 49.5 Å². The quantitative estimate of drug-likeness (QED) is 0.896. The summed E-state index contributed by atoms with van der Waals surface area (Å²) >= 11 is 0. The highest BCUT2D eigenvalue weighted by Crippen LogP contribution is 2.33. The molecule has 0 saturated heterocycles. The monoisotopic (exact) mass is 253 g/mol. The van der Waals surface area contributed by atoms with E-state index in [0.717, 1.165) is 18.9 Å². The highest BCUT2D eigenvalue weighted by Gasteiger charge is 2.23. The first kappa shape index (κ1) is 12.1. The van der Waals surface area contributed by atoms with E-state index >= 15 is 0 Å². The molecule has 0 radical (unpaired) electrons. The molecule has 2 aromatic carbocycles. The summed E-state index contributed by atoms with van der Waals surface area (Å²) in [6.07, 6.45) is 0. The Morgan fingerprint density at radius 3 is 2.63 bits per heavy atom. The molecule has 0 aromatic heterocycles. The Hall–Kier alpha value is -1.96. The average Bonchev–Trinajstić information content (AvgIpc) is 2.78. The maximum Gasteiger partial charge on any atom is 0.122 e. The second-order valence-electron chi connectivity index (χ2n) is 5.30. The van der Waals surface area contributed by atoms with Crippen LogP contribution in [0.15, 0.2) is 42.5 Å². The van der Waals surface area contributed by atoms with Crippen LogP contribution in [0.3, 0.4) is 0 Å². The van der Waals surface area contributed by atoms with Gasteiger partial charge in [0, 0.05) is 23.7 Å². The molecule has 0 aliphatic carbocycles. The first-order valence-electron chi connectivity index (χ1n) is 6.76. The van der Waals surface area contributed by atoms with Crippen molar-refractivity contribution in [2.45, 2.75) is 19.8 Å². The molecule has 2 aromatic rings. The first-order chi connectivity index (χ1) is 9.22. The fourth-order valence-corrected chi connectivity index (χ4v) is 2.72. The Kier molecular flexibility index (Phi) is 3.16. The summed E-state index contributed by atoms with van der Waals surface area (Å²) in [6.45, 7) is 5.95. The lowest BCUT2D eigenvalue weighted by Crippen LogP contribution is -2.14. The van der Waals surface area contributed by atoms with E-state index < -0.39 is 0 Å². The normalized spacial score (nSPS) is 16.8. The summed E-state index contributed by atoms with van der Waals surface area (Å²) in [4.78, 5) is 0. The zero-order valence-electron chi connectivity index (χ0n) is 11.4. The molecule has 1 unspecified atom stereocenters. The average molecular weight is 253 g/mol. The maximum absolute atomic E-state index is 5.71. The van der Waals surface area contributed by atoms with Crippen LogP contribution in [-0.4, -0.2) is 13.2 Å².